The van der Waals surface area contributed by atoms with Crippen molar-refractivity contribution in [3.05, 3.63) is 72.0 Å². The van der Waals surface area contributed by atoms with Crippen molar-refractivity contribution in [2.24, 2.45) is 0 Å². The number of para-hydroxylation sites is 1. The molecule has 5 heteroatoms. The van der Waals surface area contributed by atoms with Crippen molar-refractivity contribution < 1.29 is 13.9 Å². The molecule has 5 rings (SSSR count). The van der Waals surface area contributed by atoms with Crippen LogP contribution in [0.5, 0.6) is 0 Å². The van der Waals surface area contributed by atoms with Gasteiger partial charge in [0.05, 0.1) is 13.2 Å². The van der Waals surface area contributed by atoms with Gasteiger partial charge in [-0.1, -0.05) is 48.5 Å². The zero-order valence-electron chi connectivity index (χ0n) is 17.9. The van der Waals surface area contributed by atoms with Crippen molar-refractivity contribution >= 4 is 16.9 Å². The van der Waals surface area contributed by atoms with E-state index < -0.39 is 0 Å². The highest BCUT2D eigenvalue weighted by Crippen LogP contribution is 2.28. The molecular weight excluding hydrogens is 388 g/mol. The SMILES string of the molecule is O=C(c1cc2ccccc2o1)N1CCC(N2CCCC2COCc2ccccc2)CC1. The fourth-order valence-electron chi connectivity index (χ4n) is 5.05. The highest BCUT2D eigenvalue weighted by Gasteiger charge is 2.34. The monoisotopic (exact) mass is 418 g/mol. The molecular formula is C26H30N2O3. The molecule has 162 valence electrons. The Morgan fingerprint density at radius 2 is 1.74 bits per heavy atom. The molecule has 0 N–H and O–H groups in total. The molecule has 0 spiro atoms. The zero-order chi connectivity index (χ0) is 21.0. The van der Waals surface area contributed by atoms with Gasteiger partial charge in [-0.05, 0) is 49.9 Å². The van der Waals surface area contributed by atoms with Crippen molar-refractivity contribution in [2.45, 2.75) is 44.4 Å². The Kier molecular flexibility index (Phi) is 6.05. The number of hydrogen-bond acceptors (Lipinski definition) is 4. The van der Waals surface area contributed by atoms with Crippen LogP contribution >= 0.6 is 0 Å². The molecule has 2 aliphatic heterocycles. The Balaban J connectivity index is 1.13. The molecule has 3 heterocycles. The summed E-state index contributed by atoms with van der Waals surface area (Å²) in [4.78, 5) is 17.5. The van der Waals surface area contributed by atoms with Crippen molar-refractivity contribution in [1.29, 1.82) is 0 Å². The Hall–Kier alpha value is -2.63. The second-order valence-electron chi connectivity index (χ2n) is 8.71. The number of carbonyl (C=O) groups excluding carboxylic acids is 1. The van der Waals surface area contributed by atoms with Gasteiger partial charge >= 0.3 is 0 Å². The van der Waals surface area contributed by atoms with Gasteiger partial charge in [0.1, 0.15) is 5.58 Å². The molecule has 3 aromatic rings. The first-order valence-electron chi connectivity index (χ1n) is 11.4. The third-order valence-corrected chi connectivity index (χ3v) is 6.70. The van der Waals surface area contributed by atoms with Gasteiger partial charge in [0.15, 0.2) is 5.76 Å². The summed E-state index contributed by atoms with van der Waals surface area (Å²) in [7, 11) is 0. The van der Waals surface area contributed by atoms with Gasteiger partial charge in [0, 0.05) is 30.6 Å². The lowest BCUT2D eigenvalue weighted by atomic mass is 10.0. The molecule has 2 fully saturated rings. The minimum absolute atomic E-state index is 0.0128. The van der Waals surface area contributed by atoms with E-state index >= 15 is 0 Å². The van der Waals surface area contributed by atoms with Crippen molar-refractivity contribution in [3.63, 3.8) is 0 Å². The molecule has 2 saturated heterocycles. The predicted molar refractivity (Wildman–Crippen MR) is 121 cm³/mol. The van der Waals surface area contributed by atoms with Crippen LogP contribution in [-0.4, -0.2) is 54.0 Å². The quantitative estimate of drug-likeness (QED) is 0.581. The van der Waals surface area contributed by atoms with E-state index in [0.29, 0.717) is 24.5 Å². The summed E-state index contributed by atoms with van der Waals surface area (Å²) in [5.41, 5.74) is 2.00. The second kappa shape index (κ2) is 9.25. The molecule has 0 radical (unpaired) electrons. The van der Waals surface area contributed by atoms with E-state index in [-0.39, 0.29) is 5.91 Å². The molecule has 5 nitrogen and oxygen atoms in total. The van der Waals surface area contributed by atoms with Crippen LogP contribution in [0.3, 0.4) is 0 Å². The molecule has 0 saturated carbocycles. The van der Waals surface area contributed by atoms with E-state index in [1.807, 2.05) is 41.3 Å². The summed E-state index contributed by atoms with van der Waals surface area (Å²) in [5.74, 6) is 0.465. The van der Waals surface area contributed by atoms with Crippen LogP contribution in [0.4, 0.5) is 0 Å². The average Bonchev–Trinajstić information content (AvgIpc) is 3.46. The number of benzene rings is 2. The maximum Gasteiger partial charge on any atom is 0.289 e. The topological polar surface area (TPSA) is 45.9 Å². The number of amides is 1. The van der Waals surface area contributed by atoms with Gasteiger partial charge in [-0.3, -0.25) is 9.69 Å². The van der Waals surface area contributed by atoms with Crippen molar-refractivity contribution in [1.82, 2.24) is 9.80 Å². The van der Waals surface area contributed by atoms with Crippen molar-refractivity contribution in [2.75, 3.05) is 26.2 Å². The van der Waals surface area contributed by atoms with E-state index in [1.165, 1.54) is 18.4 Å². The largest absolute Gasteiger partial charge is 0.451 e. The normalized spacial score (nSPS) is 20.5. The molecule has 0 aliphatic carbocycles. The first kappa shape index (κ1) is 20.3. The highest BCUT2D eigenvalue weighted by atomic mass is 16.5. The van der Waals surface area contributed by atoms with Crippen molar-refractivity contribution in [3.8, 4) is 0 Å². The number of ether oxygens (including phenoxy) is 1. The number of carbonyl (C=O) groups is 1. The molecule has 1 amide bonds. The van der Waals surface area contributed by atoms with E-state index in [0.717, 1.165) is 50.1 Å². The van der Waals surface area contributed by atoms with E-state index in [4.69, 9.17) is 9.15 Å². The maximum absolute atomic E-state index is 12.9. The van der Waals surface area contributed by atoms with E-state index in [9.17, 15) is 4.79 Å². The summed E-state index contributed by atoms with van der Waals surface area (Å²) in [6.45, 7) is 4.17. The molecule has 1 aromatic heterocycles. The zero-order valence-corrected chi connectivity index (χ0v) is 17.9. The Labute approximate surface area is 183 Å². The first-order chi connectivity index (χ1) is 15.3. The molecule has 31 heavy (non-hydrogen) atoms. The fourth-order valence-corrected chi connectivity index (χ4v) is 5.05. The van der Waals surface area contributed by atoms with Crippen LogP contribution in [0.25, 0.3) is 11.0 Å². The Morgan fingerprint density at radius 1 is 0.968 bits per heavy atom. The summed E-state index contributed by atoms with van der Waals surface area (Å²) >= 11 is 0. The Morgan fingerprint density at radius 3 is 2.55 bits per heavy atom. The maximum atomic E-state index is 12.9. The van der Waals surface area contributed by atoms with Gasteiger partial charge in [-0.2, -0.15) is 0 Å². The van der Waals surface area contributed by atoms with Crippen LogP contribution in [-0.2, 0) is 11.3 Å². The summed E-state index contributed by atoms with van der Waals surface area (Å²) in [6, 6.07) is 21.1. The number of likely N-dealkylation sites (tertiary alicyclic amines) is 2. The van der Waals surface area contributed by atoms with E-state index in [2.05, 4.69) is 29.2 Å². The molecule has 2 aromatic carbocycles. The minimum Gasteiger partial charge on any atom is -0.451 e. The van der Waals surface area contributed by atoms with Crippen LogP contribution in [0, 0.1) is 0 Å². The molecule has 1 atom stereocenters. The lowest BCUT2D eigenvalue weighted by Crippen LogP contribution is -2.49. The number of nitrogens with zero attached hydrogens (tertiary/aromatic N) is 2. The summed E-state index contributed by atoms with van der Waals surface area (Å²) in [6.07, 6.45) is 4.46. The number of piperidine rings is 1. The molecule has 1 unspecified atom stereocenters. The average molecular weight is 419 g/mol. The Bertz CT molecular complexity index is 975. The molecule has 2 aliphatic rings. The number of fused-ring (bicyclic) bond motifs is 1. The van der Waals surface area contributed by atoms with E-state index in [1.54, 1.807) is 0 Å². The smallest absolute Gasteiger partial charge is 0.289 e. The van der Waals surface area contributed by atoms with Crippen LogP contribution in [0.1, 0.15) is 41.8 Å². The molecule has 0 bridgehead atoms. The van der Waals surface area contributed by atoms with Crippen LogP contribution in [0.2, 0.25) is 0 Å². The first-order valence-corrected chi connectivity index (χ1v) is 11.4. The second-order valence-corrected chi connectivity index (χ2v) is 8.71. The predicted octanol–water partition coefficient (Wildman–Crippen LogP) is 4.72. The number of furan rings is 1. The third-order valence-electron chi connectivity index (χ3n) is 6.70. The minimum atomic E-state index is 0.0128. The van der Waals surface area contributed by atoms with Gasteiger partial charge in [-0.15, -0.1) is 0 Å². The summed E-state index contributed by atoms with van der Waals surface area (Å²) < 4.78 is 11.8. The van der Waals surface area contributed by atoms with Gasteiger partial charge in [0.25, 0.3) is 5.91 Å². The van der Waals surface area contributed by atoms with Crippen LogP contribution < -0.4 is 0 Å². The van der Waals surface area contributed by atoms with Gasteiger partial charge < -0.3 is 14.1 Å². The highest BCUT2D eigenvalue weighted by molar-refractivity contribution is 5.96. The number of rotatable bonds is 6. The standard InChI is InChI=1S/C26H30N2O3/c29-26(25-17-21-9-4-5-11-24(21)31-25)27-15-12-22(13-16-27)28-14-6-10-23(28)19-30-18-20-7-2-1-3-8-20/h1-5,7-9,11,17,22-23H,6,10,12-16,18-19H2. The van der Waals surface area contributed by atoms with Crippen LogP contribution in [0.15, 0.2) is 65.1 Å². The third kappa shape index (κ3) is 4.53. The van der Waals surface area contributed by atoms with Gasteiger partial charge in [0.2, 0.25) is 0 Å². The lowest BCUT2D eigenvalue weighted by molar-refractivity contribution is 0.0307. The fraction of sp³-hybridized carbons (Fsp3) is 0.423. The van der Waals surface area contributed by atoms with Gasteiger partial charge in [-0.25, -0.2) is 0 Å². The lowest BCUT2D eigenvalue weighted by Gasteiger charge is -2.39. The summed E-state index contributed by atoms with van der Waals surface area (Å²) in [5, 5.41) is 0.983. The number of hydrogen-bond donors (Lipinski definition) is 0.